The van der Waals surface area contributed by atoms with Gasteiger partial charge in [-0.2, -0.15) is 0 Å². The second-order valence-electron chi connectivity index (χ2n) is 7.80. The van der Waals surface area contributed by atoms with Crippen LogP contribution in [0.15, 0.2) is 65.7 Å². The van der Waals surface area contributed by atoms with Crippen LogP contribution in [0.3, 0.4) is 0 Å². The van der Waals surface area contributed by atoms with Gasteiger partial charge in [0.15, 0.2) is 0 Å². The average Bonchev–Trinajstić information content (AvgIpc) is 2.62. The van der Waals surface area contributed by atoms with E-state index in [0.717, 1.165) is 10.0 Å². The van der Waals surface area contributed by atoms with Crippen LogP contribution in [0.1, 0.15) is 44.7 Å². The Hall–Kier alpha value is -2.18. The molecule has 6 heteroatoms. The van der Waals surface area contributed by atoms with Crippen molar-refractivity contribution in [1.29, 1.82) is 0 Å². The predicted molar refractivity (Wildman–Crippen MR) is 116 cm³/mol. The van der Waals surface area contributed by atoms with E-state index in [9.17, 15) is 19.4 Å². The monoisotopic (exact) mass is 463 g/mol. The molecule has 2 atom stereocenters. The van der Waals surface area contributed by atoms with Gasteiger partial charge in [-0.1, -0.05) is 46.3 Å². The molecule has 0 heterocycles. The SMILES string of the molecule is C=CCC(O)(CC(C)N(C(=O)O)C(C)(C)c1ccc(Br)cc1)c1ccc(F)cc1. The topological polar surface area (TPSA) is 60.8 Å². The van der Waals surface area contributed by atoms with Gasteiger partial charge in [-0.25, -0.2) is 9.18 Å². The standard InChI is InChI=1S/C23H27BrFNO3/c1-5-14-23(29,18-8-12-20(25)13-9-18)15-16(2)26(21(27)28)22(3,4)17-6-10-19(24)11-7-17/h5-13,16,29H,1,14-15H2,2-4H3,(H,27,28). The lowest BCUT2D eigenvalue weighted by Gasteiger charge is -2.43. The lowest BCUT2D eigenvalue weighted by Crippen LogP contribution is -2.52. The van der Waals surface area contributed by atoms with Gasteiger partial charge in [0.05, 0.1) is 11.1 Å². The average molecular weight is 464 g/mol. The highest BCUT2D eigenvalue weighted by molar-refractivity contribution is 9.10. The van der Waals surface area contributed by atoms with Crippen LogP contribution in [-0.4, -0.2) is 27.2 Å². The van der Waals surface area contributed by atoms with Gasteiger partial charge in [0.2, 0.25) is 0 Å². The molecule has 0 saturated heterocycles. The third-order valence-electron chi connectivity index (χ3n) is 5.30. The van der Waals surface area contributed by atoms with Crippen molar-refractivity contribution in [3.8, 4) is 0 Å². The smallest absolute Gasteiger partial charge is 0.408 e. The summed E-state index contributed by atoms with van der Waals surface area (Å²) in [6.07, 6.45) is 0.859. The third kappa shape index (κ3) is 5.25. The Kier molecular flexibility index (Phi) is 7.25. The number of carboxylic acid groups (broad SMARTS) is 1. The van der Waals surface area contributed by atoms with Crippen molar-refractivity contribution in [2.45, 2.75) is 50.8 Å². The summed E-state index contributed by atoms with van der Waals surface area (Å²) in [5.74, 6) is -0.397. The molecule has 2 rings (SSSR count). The van der Waals surface area contributed by atoms with Crippen LogP contribution in [0.25, 0.3) is 0 Å². The molecular weight excluding hydrogens is 437 g/mol. The number of carbonyl (C=O) groups is 1. The molecule has 0 aliphatic rings. The van der Waals surface area contributed by atoms with Crippen molar-refractivity contribution >= 4 is 22.0 Å². The zero-order valence-electron chi connectivity index (χ0n) is 16.9. The van der Waals surface area contributed by atoms with Crippen molar-refractivity contribution in [1.82, 2.24) is 4.90 Å². The predicted octanol–water partition coefficient (Wildman–Crippen LogP) is 6.05. The molecule has 0 spiro atoms. The van der Waals surface area contributed by atoms with E-state index < -0.39 is 29.1 Å². The fourth-order valence-electron chi connectivity index (χ4n) is 3.87. The number of halogens is 2. The minimum atomic E-state index is -1.36. The quantitative estimate of drug-likeness (QED) is 0.468. The number of hydrogen-bond donors (Lipinski definition) is 2. The fourth-order valence-corrected chi connectivity index (χ4v) is 4.14. The summed E-state index contributed by atoms with van der Waals surface area (Å²) >= 11 is 3.40. The number of nitrogens with zero attached hydrogens (tertiary/aromatic N) is 1. The van der Waals surface area contributed by atoms with Gasteiger partial charge >= 0.3 is 6.09 Å². The first-order valence-electron chi connectivity index (χ1n) is 9.39. The number of benzene rings is 2. The first-order chi connectivity index (χ1) is 13.5. The summed E-state index contributed by atoms with van der Waals surface area (Å²) in [6, 6.07) is 12.6. The number of rotatable bonds is 8. The fraction of sp³-hybridized carbons (Fsp3) is 0.348. The van der Waals surface area contributed by atoms with Crippen molar-refractivity contribution in [3.63, 3.8) is 0 Å². The molecule has 0 aliphatic carbocycles. The summed E-state index contributed by atoms with van der Waals surface area (Å²) < 4.78 is 14.2. The third-order valence-corrected chi connectivity index (χ3v) is 5.83. The summed E-state index contributed by atoms with van der Waals surface area (Å²) in [5.41, 5.74) is -0.830. The molecule has 29 heavy (non-hydrogen) atoms. The Morgan fingerprint density at radius 3 is 2.17 bits per heavy atom. The summed E-state index contributed by atoms with van der Waals surface area (Å²) in [5, 5.41) is 21.3. The van der Waals surface area contributed by atoms with Crippen LogP contribution in [-0.2, 0) is 11.1 Å². The molecule has 1 amide bonds. The van der Waals surface area contributed by atoms with Crippen molar-refractivity contribution in [3.05, 3.63) is 82.6 Å². The number of aliphatic hydroxyl groups is 1. The summed E-state index contributed by atoms with van der Waals surface area (Å²) in [4.78, 5) is 13.6. The summed E-state index contributed by atoms with van der Waals surface area (Å²) in [6.45, 7) is 9.16. The molecule has 0 radical (unpaired) electrons. The minimum absolute atomic E-state index is 0.136. The van der Waals surface area contributed by atoms with Crippen LogP contribution in [0.5, 0.6) is 0 Å². The Balaban J connectivity index is 2.39. The van der Waals surface area contributed by atoms with E-state index >= 15 is 0 Å². The molecule has 0 fully saturated rings. The molecule has 0 aromatic heterocycles. The molecule has 156 valence electrons. The van der Waals surface area contributed by atoms with E-state index in [0.29, 0.717) is 5.56 Å². The van der Waals surface area contributed by atoms with E-state index in [1.807, 2.05) is 38.1 Å². The van der Waals surface area contributed by atoms with E-state index in [2.05, 4.69) is 22.5 Å². The normalized spacial score (nSPS) is 14.7. The Morgan fingerprint density at radius 1 is 1.17 bits per heavy atom. The second kappa shape index (κ2) is 9.09. The van der Waals surface area contributed by atoms with Gasteiger partial charge in [0, 0.05) is 16.9 Å². The van der Waals surface area contributed by atoms with Crippen molar-refractivity contribution in [2.75, 3.05) is 0 Å². The number of amides is 1. The van der Waals surface area contributed by atoms with Gasteiger partial charge in [-0.15, -0.1) is 6.58 Å². The van der Waals surface area contributed by atoms with E-state index in [1.54, 1.807) is 13.0 Å². The molecule has 2 unspecified atom stereocenters. The largest absolute Gasteiger partial charge is 0.465 e. The number of hydrogen-bond acceptors (Lipinski definition) is 2. The zero-order chi connectivity index (χ0) is 21.8. The first-order valence-corrected chi connectivity index (χ1v) is 10.2. The minimum Gasteiger partial charge on any atom is -0.465 e. The maximum Gasteiger partial charge on any atom is 0.408 e. The van der Waals surface area contributed by atoms with Crippen molar-refractivity contribution < 1.29 is 19.4 Å². The Bertz CT molecular complexity index is 851. The van der Waals surface area contributed by atoms with E-state index in [-0.39, 0.29) is 12.8 Å². The van der Waals surface area contributed by atoms with Crippen LogP contribution in [0.2, 0.25) is 0 Å². The highest BCUT2D eigenvalue weighted by Crippen LogP contribution is 2.37. The van der Waals surface area contributed by atoms with Gasteiger partial charge in [-0.3, -0.25) is 4.90 Å². The molecule has 0 aliphatic heterocycles. The Morgan fingerprint density at radius 2 is 1.69 bits per heavy atom. The lowest BCUT2D eigenvalue weighted by atomic mass is 9.82. The van der Waals surface area contributed by atoms with Crippen molar-refractivity contribution in [2.24, 2.45) is 0 Å². The molecule has 2 aromatic rings. The Labute approximate surface area is 179 Å². The molecule has 4 nitrogen and oxygen atoms in total. The van der Waals surface area contributed by atoms with Crippen LogP contribution >= 0.6 is 15.9 Å². The summed E-state index contributed by atoms with van der Waals surface area (Å²) in [7, 11) is 0. The molecular formula is C23H27BrFNO3. The van der Waals surface area contributed by atoms with Crippen LogP contribution < -0.4 is 0 Å². The molecule has 2 aromatic carbocycles. The van der Waals surface area contributed by atoms with Gasteiger partial charge in [0.25, 0.3) is 0 Å². The van der Waals surface area contributed by atoms with Crippen LogP contribution in [0, 0.1) is 5.82 Å². The van der Waals surface area contributed by atoms with E-state index in [1.165, 1.54) is 29.2 Å². The molecule has 0 saturated carbocycles. The van der Waals surface area contributed by atoms with Gasteiger partial charge in [0.1, 0.15) is 5.82 Å². The molecule has 2 N–H and O–H groups in total. The highest BCUT2D eigenvalue weighted by Gasteiger charge is 2.40. The maximum atomic E-state index is 13.3. The zero-order valence-corrected chi connectivity index (χ0v) is 18.5. The molecule has 0 bridgehead atoms. The van der Waals surface area contributed by atoms with E-state index in [4.69, 9.17) is 0 Å². The lowest BCUT2D eigenvalue weighted by molar-refractivity contribution is -0.0132. The maximum absolute atomic E-state index is 13.3. The second-order valence-corrected chi connectivity index (χ2v) is 8.72. The van der Waals surface area contributed by atoms with Gasteiger partial charge < -0.3 is 10.2 Å². The van der Waals surface area contributed by atoms with Gasteiger partial charge in [-0.05, 0) is 62.6 Å². The van der Waals surface area contributed by atoms with Crippen LogP contribution in [0.4, 0.5) is 9.18 Å². The highest BCUT2D eigenvalue weighted by atomic mass is 79.9. The first kappa shape index (κ1) is 23.1.